The lowest BCUT2D eigenvalue weighted by atomic mass is 9.88. The number of pyridine rings is 1. The van der Waals surface area contributed by atoms with Gasteiger partial charge in [-0.05, 0) is 37.5 Å². The summed E-state index contributed by atoms with van der Waals surface area (Å²) in [5, 5.41) is 6.39. The maximum atomic E-state index is 14.2. The van der Waals surface area contributed by atoms with E-state index in [1.165, 1.54) is 19.4 Å². The van der Waals surface area contributed by atoms with Crippen molar-refractivity contribution < 1.29 is 23.5 Å². The van der Waals surface area contributed by atoms with E-state index in [1.807, 2.05) is 4.90 Å². The number of hydrogen-bond acceptors (Lipinski definition) is 6. The van der Waals surface area contributed by atoms with Crippen LogP contribution in [-0.4, -0.2) is 49.3 Å². The molecule has 176 valence electrons. The second kappa shape index (κ2) is 9.61. The Hall–Kier alpha value is -2.78. The van der Waals surface area contributed by atoms with Crippen molar-refractivity contribution in [3.8, 4) is 5.75 Å². The van der Waals surface area contributed by atoms with Gasteiger partial charge in [0.05, 0.1) is 28.4 Å². The minimum absolute atomic E-state index is 0.143. The number of benzene rings is 1. The van der Waals surface area contributed by atoms with Crippen LogP contribution in [-0.2, 0) is 16.0 Å². The average molecular weight is 497 g/mol. The molecule has 0 radical (unpaired) electrons. The Morgan fingerprint density at radius 1 is 1.30 bits per heavy atom. The Morgan fingerprint density at radius 2 is 2.06 bits per heavy atom. The first-order valence-corrected chi connectivity index (χ1v) is 11.2. The SMILES string of the molecule is COC(=O)NC1(COc2ccc(F)c3c2CCC(=O)N3)CCN(c2ncc(Cl)cc2Cl)CC1. The van der Waals surface area contributed by atoms with Crippen LogP contribution in [0.15, 0.2) is 24.4 Å². The van der Waals surface area contributed by atoms with Crippen LogP contribution in [0.5, 0.6) is 5.75 Å². The summed E-state index contributed by atoms with van der Waals surface area (Å²) in [4.78, 5) is 30.1. The van der Waals surface area contributed by atoms with E-state index >= 15 is 0 Å². The normalized spacial score (nSPS) is 17.1. The van der Waals surface area contributed by atoms with E-state index in [9.17, 15) is 14.0 Å². The smallest absolute Gasteiger partial charge is 0.407 e. The molecule has 0 atom stereocenters. The van der Waals surface area contributed by atoms with Crippen molar-refractivity contribution in [3.05, 3.63) is 45.8 Å². The molecule has 4 rings (SSSR count). The van der Waals surface area contributed by atoms with E-state index in [4.69, 9.17) is 32.7 Å². The number of ether oxygens (including phenoxy) is 2. The number of carbonyl (C=O) groups is 2. The van der Waals surface area contributed by atoms with E-state index in [-0.39, 0.29) is 24.6 Å². The van der Waals surface area contributed by atoms with Crippen LogP contribution >= 0.6 is 23.2 Å². The number of amides is 2. The number of rotatable bonds is 5. The van der Waals surface area contributed by atoms with Gasteiger partial charge in [-0.25, -0.2) is 14.2 Å². The van der Waals surface area contributed by atoms with Crippen molar-refractivity contribution in [2.24, 2.45) is 0 Å². The fraction of sp³-hybridized carbons (Fsp3) is 0.409. The highest BCUT2D eigenvalue weighted by molar-refractivity contribution is 6.36. The molecule has 2 aromatic rings. The Bertz CT molecular complexity index is 1080. The van der Waals surface area contributed by atoms with Gasteiger partial charge in [-0.15, -0.1) is 0 Å². The Labute approximate surface area is 200 Å². The summed E-state index contributed by atoms with van der Waals surface area (Å²) in [5.74, 6) is 0.358. The lowest BCUT2D eigenvalue weighted by molar-refractivity contribution is -0.116. The first kappa shape index (κ1) is 23.4. The summed E-state index contributed by atoms with van der Waals surface area (Å²) in [6.45, 7) is 1.25. The molecule has 2 amide bonds. The fourth-order valence-corrected chi connectivity index (χ4v) is 4.63. The van der Waals surface area contributed by atoms with Crippen molar-refractivity contribution in [2.75, 3.05) is 37.0 Å². The lowest BCUT2D eigenvalue weighted by Crippen LogP contribution is -2.58. The number of nitrogens with zero attached hydrogens (tertiary/aromatic N) is 2. The summed E-state index contributed by atoms with van der Waals surface area (Å²) in [6.07, 6.45) is 2.66. The van der Waals surface area contributed by atoms with Crippen LogP contribution in [0.25, 0.3) is 0 Å². The maximum Gasteiger partial charge on any atom is 0.407 e. The molecule has 2 N–H and O–H groups in total. The number of halogens is 3. The van der Waals surface area contributed by atoms with E-state index in [1.54, 1.807) is 12.1 Å². The molecule has 2 aliphatic rings. The average Bonchev–Trinajstić information content (AvgIpc) is 2.80. The standard InChI is InChI=1S/C22H23Cl2FN4O4/c1-32-21(31)28-22(6-8-29(9-7-22)20-15(24)10-13(23)11-26-20)12-33-17-4-3-16(25)19-14(17)2-5-18(30)27-19/h3-4,10-11H,2,5-9,12H2,1H3,(H,27,30)(H,28,31). The monoisotopic (exact) mass is 496 g/mol. The minimum atomic E-state index is -0.721. The topological polar surface area (TPSA) is 92.8 Å². The molecule has 0 unspecified atom stereocenters. The predicted octanol–water partition coefficient (Wildman–Crippen LogP) is 4.19. The highest BCUT2D eigenvalue weighted by Crippen LogP contribution is 2.36. The van der Waals surface area contributed by atoms with Crippen molar-refractivity contribution in [3.63, 3.8) is 0 Å². The molecule has 1 aromatic heterocycles. The third-order valence-corrected chi connectivity index (χ3v) is 6.44. The van der Waals surface area contributed by atoms with E-state index in [2.05, 4.69) is 15.6 Å². The van der Waals surface area contributed by atoms with Gasteiger partial charge in [0.2, 0.25) is 5.91 Å². The molecule has 0 aliphatic carbocycles. The molecule has 1 fully saturated rings. The largest absolute Gasteiger partial charge is 0.491 e. The third-order valence-electron chi connectivity index (χ3n) is 5.95. The van der Waals surface area contributed by atoms with Crippen LogP contribution in [0.1, 0.15) is 24.8 Å². The minimum Gasteiger partial charge on any atom is -0.491 e. The number of fused-ring (bicyclic) bond motifs is 1. The number of hydrogen-bond donors (Lipinski definition) is 2. The summed E-state index contributed by atoms with van der Waals surface area (Å²) in [6, 6.07) is 4.45. The zero-order valence-electron chi connectivity index (χ0n) is 17.9. The number of carbonyl (C=O) groups excluding carboxylic acids is 2. The van der Waals surface area contributed by atoms with Crippen molar-refractivity contribution >= 4 is 46.7 Å². The van der Waals surface area contributed by atoms with E-state index < -0.39 is 17.4 Å². The fourth-order valence-electron chi connectivity index (χ4n) is 4.13. The molecule has 33 heavy (non-hydrogen) atoms. The molecule has 0 bridgehead atoms. The first-order valence-electron chi connectivity index (χ1n) is 10.5. The van der Waals surface area contributed by atoms with Crippen LogP contribution < -0.4 is 20.3 Å². The Kier molecular flexibility index (Phi) is 6.81. The quantitative estimate of drug-likeness (QED) is 0.644. The predicted molar refractivity (Wildman–Crippen MR) is 123 cm³/mol. The van der Waals surface area contributed by atoms with Crippen molar-refractivity contribution in [1.82, 2.24) is 10.3 Å². The molecule has 2 aliphatic heterocycles. The summed E-state index contributed by atoms with van der Waals surface area (Å²) in [7, 11) is 1.30. The van der Waals surface area contributed by atoms with E-state index in [0.717, 1.165) is 0 Å². The highest BCUT2D eigenvalue weighted by Gasteiger charge is 2.38. The number of aromatic nitrogens is 1. The van der Waals surface area contributed by atoms with Gasteiger partial charge in [-0.3, -0.25) is 4.79 Å². The van der Waals surface area contributed by atoms with Gasteiger partial charge >= 0.3 is 6.09 Å². The molecular weight excluding hydrogens is 474 g/mol. The van der Waals surface area contributed by atoms with Crippen LogP contribution in [0.2, 0.25) is 10.0 Å². The maximum absolute atomic E-state index is 14.2. The number of methoxy groups -OCH3 is 1. The van der Waals surface area contributed by atoms with Crippen LogP contribution in [0, 0.1) is 5.82 Å². The number of piperidine rings is 1. The van der Waals surface area contributed by atoms with Gasteiger partial charge in [-0.2, -0.15) is 0 Å². The van der Waals surface area contributed by atoms with Gasteiger partial charge in [-0.1, -0.05) is 23.2 Å². The summed E-state index contributed by atoms with van der Waals surface area (Å²) < 4.78 is 25.1. The molecule has 0 saturated carbocycles. The molecule has 1 saturated heterocycles. The van der Waals surface area contributed by atoms with Gasteiger partial charge < -0.3 is 25.0 Å². The van der Waals surface area contributed by atoms with Crippen LogP contribution in [0.3, 0.4) is 0 Å². The van der Waals surface area contributed by atoms with Gasteiger partial charge in [0, 0.05) is 31.3 Å². The zero-order chi connectivity index (χ0) is 23.6. The summed E-state index contributed by atoms with van der Waals surface area (Å²) in [5.41, 5.74) is 0.0381. The summed E-state index contributed by atoms with van der Waals surface area (Å²) >= 11 is 12.3. The molecule has 0 spiro atoms. The third kappa shape index (κ3) is 5.09. The Balaban J connectivity index is 1.51. The van der Waals surface area contributed by atoms with Crippen molar-refractivity contribution in [2.45, 2.75) is 31.2 Å². The van der Waals surface area contributed by atoms with Gasteiger partial charge in [0.1, 0.15) is 24.0 Å². The first-order chi connectivity index (χ1) is 15.8. The number of anilines is 2. The lowest BCUT2D eigenvalue weighted by Gasteiger charge is -2.42. The second-order valence-corrected chi connectivity index (χ2v) is 8.92. The van der Waals surface area contributed by atoms with E-state index in [0.29, 0.717) is 59.5 Å². The molecule has 3 heterocycles. The second-order valence-electron chi connectivity index (χ2n) is 8.08. The molecular formula is C22H23Cl2FN4O4. The van der Waals surface area contributed by atoms with Crippen molar-refractivity contribution in [1.29, 1.82) is 0 Å². The number of alkyl carbamates (subject to hydrolysis) is 1. The molecule has 8 nitrogen and oxygen atoms in total. The number of nitrogens with one attached hydrogen (secondary N) is 2. The molecule has 1 aromatic carbocycles. The Morgan fingerprint density at radius 3 is 2.76 bits per heavy atom. The van der Waals surface area contributed by atoms with Gasteiger partial charge in [0.25, 0.3) is 0 Å². The van der Waals surface area contributed by atoms with Crippen LogP contribution in [0.4, 0.5) is 20.7 Å². The highest BCUT2D eigenvalue weighted by atomic mass is 35.5. The molecule has 11 heteroatoms. The van der Waals surface area contributed by atoms with Gasteiger partial charge in [0.15, 0.2) is 0 Å². The zero-order valence-corrected chi connectivity index (χ0v) is 19.4.